The Morgan fingerprint density at radius 2 is 2.24 bits per heavy atom. The van der Waals surface area contributed by atoms with Crippen LogP contribution in [-0.4, -0.2) is 50.8 Å². The summed E-state index contributed by atoms with van der Waals surface area (Å²) in [6.45, 7) is 1.60. The third kappa shape index (κ3) is 4.13. The fourth-order valence-electron chi connectivity index (χ4n) is 2.22. The predicted molar refractivity (Wildman–Crippen MR) is 80.7 cm³/mol. The highest BCUT2D eigenvalue weighted by atomic mass is 32.2. The van der Waals surface area contributed by atoms with Crippen molar-refractivity contribution in [3.05, 3.63) is 18.2 Å². The van der Waals surface area contributed by atoms with Crippen LogP contribution in [0, 0.1) is 0 Å². The number of imidazole rings is 1. The molecule has 0 radical (unpaired) electrons. The van der Waals surface area contributed by atoms with Crippen molar-refractivity contribution in [1.29, 1.82) is 0 Å². The molecule has 1 fully saturated rings. The van der Waals surface area contributed by atoms with Crippen molar-refractivity contribution in [3.63, 3.8) is 0 Å². The average Bonchev–Trinajstić information content (AvgIpc) is 2.87. The fraction of sp³-hybridized carbons (Fsp3) is 0.615. The van der Waals surface area contributed by atoms with E-state index < -0.39 is 5.97 Å². The summed E-state index contributed by atoms with van der Waals surface area (Å²) >= 11 is 1.82. The Balaban J connectivity index is 1.65. The van der Waals surface area contributed by atoms with E-state index in [9.17, 15) is 9.59 Å². The van der Waals surface area contributed by atoms with Gasteiger partial charge in [0.05, 0.1) is 6.33 Å². The molecule has 1 aromatic rings. The number of carboxylic acid groups (broad SMARTS) is 1. The molecule has 1 aliphatic carbocycles. The van der Waals surface area contributed by atoms with E-state index in [4.69, 9.17) is 5.11 Å². The topological polar surface area (TPSA) is 96.3 Å². The van der Waals surface area contributed by atoms with Crippen molar-refractivity contribution in [2.75, 3.05) is 19.3 Å². The van der Waals surface area contributed by atoms with Crippen LogP contribution in [0.25, 0.3) is 0 Å². The maximum atomic E-state index is 11.7. The molecule has 0 aromatic carbocycles. The van der Waals surface area contributed by atoms with Crippen LogP contribution in [-0.2, 0) is 6.54 Å². The average molecular weight is 312 g/mol. The maximum Gasteiger partial charge on any atom is 0.356 e. The highest BCUT2D eigenvalue weighted by Gasteiger charge is 2.36. The Morgan fingerprint density at radius 1 is 1.48 bits per heavy atom. The molecule has 0 aliphatic heterocycles. The molecule has 2 rings (SSSR count). The zero-order valence-electron chi connectivity index (χ0n) is 12.0. The van der Waals surface area contributed by atoms with Crippen molar-refractivity contribution in [2.45, 2.75) is 30.6 Å². The largest absolute Gasteiger partial charge is 0.476 e. The summed E-state index contributed by atoms with van der Waals surface area (Å²) in [4.78, 5) is 26.1. The summed E-state index contributed by atoms with van der Waals surface area (Å²) in [5, 5.41) is 14.4. The van der Waals surface area contributed by atoms with Gasteiger partial charge in [-0.1, -0.05) is 6.42 Å². The zero-order chi connectivity index (χ0) is 15.3. The molecule has 1 aromatic heterocycles. The highest BCUT2D eigenvalue weighted by molar-refractivity contribution is 8.00. The fourth-order valence-corrected chi connectivity index (χ4v) is 3.13. The molecule has 1 heterocycles. The van der Waals surface area contributed by atoms with Gasteiger partial charge in [-0.2, -0.15) is 11.8 Å². The van der Waals surface area contributed by atoms with Gasteiger partial charge in [0.2, 0.25) is 0 Å². The summed E-state index contributed by atoms with van der Waals surface area (Å²) < 4.78 is 1.86. The number of hydrogen-bond donors (Lipinski definition) is 3. The molecule has 8 heteroatoms. The first-order valence-corrected chi connectivity index (χ1v) is 8.09. The lowest BCUT2D eigenvalue weighted by atomic mass is 9.84. The second-order valence-electron chi connectivity index (χ2n) is 5.15. The van der Waals surface area contributed by atoms with Crippen LogP contribution >= 0.6 is 11.8 Å². The molecular weight excluding hydrogens is 292 g/mol. The third-order valence-corrected chi connectivity index (χ3v) is 5.20. The van der Waals surface area contributed by atoms with Gasteiger partial charge < -0.3 is 20.3 Å². The van der Waals surface area contributed by atoms with Crippen molar-refractivity contribution in [2.24, 2.45) is 0 Å². The van der Waals surface area contributed by atoms with Gasteiger partial charge in [0.1, 0.15) is 0 Å². The smallest absolute Gasteiger partial charge is 0.356 e. The molecule has 1 saturated carbocycles. The lowest BCUT2D eigenvalue weighted by molar-refractivity contribution is 0.0691. The van der Waals surface area contributed by atoms with E-state index in [1.165, 1.54) is 18.9 Å². The molecule has 2 amide bonds. The predicted octanol–water partition coefficient (Wildman–Crippen LogP) is 1.17. The zero-order valence-corrected chi connectivity index (χ0v) is 12.8. The Bertz CT molecular complexity index is 508. The Kier molecular flexibility index (Phi) is 5.11. The number of aromatic carboxylic acids is 1. The van der Waals surface area contributed by atoms with Crippen LogP contribution in [0.3, 0.4) is 0 Å². The van der Waals surface area contributed by atoms with Crippen molar-refractivity contribution in [1.82, 2.24) is 20.2 Å². The first-order chi connectivity index (χ1) is 10.0. The molecule has 0 atom stereocenters. The van der Waals surface area contributed by atoms with E-state index in [1.54, 1.807) is 4.57 Å². The minimum atomic E-state index is -1.05. The second kappa shape index (κ2) is 6.84. The van der Waals surface area contributed by atoms with Crippen LogP contribution in [0.15, 0.2) is 12.5 Å². The minimum absolute atomic E-state index is 0.00588. The van der Waals surface area contributed by atoms with Crippen LogP contribution in [0.4, 0.5) is 4.79 Å². The van der Waals surface area contributed by atoms with E-state index in [0.29, 0.717) is 19.6 Å². The van der Waals surface area contributed by atoms with Gasteiger partial charge in [0.15, 0.2) is 5.69 Å². The minimum Gasteiger partial charge on any atom is -0.476 e. The molecule has 0 saturated heterocycles. The lowest BCUT2D eigenvalue weighted by Crippen LogP contribution is -2.48. The van der Waals surface area contributed by atoms with Gasteiger partial charge in [-0.3, -0.25) is 0 Å². The van der Waals surface area contributed by atoms with Crippen molar-refractivity contribution >= 4 is 23.8 Å². The van der Waals surface area contributed by atoms with Crippen molar-refractivity contribution in [3.8, 4) is 0 Å². The van der Waals surface area contributed by atoms with Gasteiger partial charge in [-0.25, -0.2) is 14.6 Å². The molecule has 7 nitrogen and oxygen atoms in total. The van der Waals surface area contributed by atoms with Crippen LogP contribution < -0.4 is 10.6 Å². The SMILES string of the molecule is CSC1(CNC(=O)NCCn2cnc(C(=O)O)c2)CCC1. The number of nitrogens with zero attached hydrogens (tertiary/aromatic N) is 2. The van der Waals surface area contributed by atoms with Crippen LogP contribution in [0.1, 0.15) is 29.8 Å². The molecule has 1 aliphatic rings. The second-order valence-corrected chi connectivity index (χ2v) is 6.43. The lowest BCUT2D eigenvalue weighted by Gasteiger charge is -2.40. The number of urea groups is 1. The van der Waals surface area contributed by atoms with E-state index in [-0.39, 0.29) is 16.5 Å². The summed E-state index contributed by atoms with van der Waals surface area (Å²) in [6, 6.07) is -0.186. The van der Waals surface area contributed by atoms with Gasteiger partial charge in [-0.05, 0) is 19.1 Å². The normalized spacial score (nSPS) is 16.0. The van der Waals surface area contributed by atoms with Crippen LogP contribution in [0.5, 0.6) is 0 Å². The molecule has 3 N–H and O–H groups in total. The number of nitrogens with one attached hydrogen (secondary N) is 2. The molecule has 0 unspecified atom stereocenters. The summed E-state index contributed by atoms with van der Waals surface area (Å²) in [5.74, 6) is -1.05. The number of carbonyl (C=O) groups is 2. The molecule has 116 valence electrons. The van der Waals surface area contributed by atoms with Gasteiger partial charge in [0, 0.05) is 30.6 Å². The summed E-state index contributed by atoms with van der Waals surface area (Å²) in [7, 11) is 0. The maximum absolute atomic E-state index is 11.7. The van der Waals surface area contributed by atoms with E-state index in [1.807, 2.05) is 11.8 Å². The quantitative estimate of drug-likeness (QED) is 0.702. The van der Waals surface area contributed by atoms with Crippen LogP contribution in [0.2, 0.25) is 0 Å². The number of hydrogen-bond acceptors (Lipinski definition) is 4. The third-order valence-electron chi connectivity index (χ3n) is 3.78. The first-order valence-electron chi connectivity index (χ1n) is 6.87. The number of carbonyl (C=O) groups excluding carboxylic acids is 1. The van der Waals surface area contributed by atoms with E-state index in [0.717, 1.165) is 12.8 Å². The monoisotopic (exact) mass is 312 g/mol. The van der Waals surface area contributed by atoms with E-state index in [2.05, 4.69) is 21.9 Å². The first kappa shape index (κ1) is 15.7. The van der Waals surface area contributed by atoms with Crippen molar-refractivity contribution < 1.29 is 14.7 Å². The number of rotatable bonds is 7. The summed E-state index contributed by atoms with van der Waals surface area (Å²) in [6.07, 6.45) is 8.51. The highest BCUT2D eigenvalue weighted by Crippen LogP contribution is 2.42. The Hall–Kier alpha value is -1.70. The van der Waals surface area contributed by atoms with Gasteiger partial charge in [-0.15, -0.1) is 0 Å². The van der Waals surface area contributed by atoms with Gasteiger partial charge in [0.25, 0.3) is 0 Å². The molecule has 0 spiro atoms. The summed E-state index contributed by atoms with van der Waals surface area (Å²) in [5.41, 5.74) is 0.00588. The standard InChI is InChI=1S/C13H20N4O3S/c1-21-13(3-2-4-13)8-15-12(20)14-5-6-17-7-10(11(18)19)16-9-17/h7,9H,2-6,8H2,1H3,(H,18,19)(H2,14,15,20). The number of amides is 2. The van der Waals surface area contributed by atoms with Gasteiger partial charge >= 0.3 is 12.0 Å². The van der Waals surface area contributed by atoms with E-state index >= 15 is 0 Å². The molecular formula is C13H20N4O3S. The Morgan fingerprint density at radius 3 is 2.76 bits per heavy atom. The Labute approximate surface area is 127 Å². The number of thioether (sulfide) groups is 1. The number of aromatic nitrogens is 2. The molecule has 21 heavy (non-hydrogen) atoms. The molecule has 0 bridgehead atoms. The number of carboxylic acids is 1.